The number of aromatic carboxylic acids is 1. The van der Waals surface area contributed by atoms with Crippen molar-refractivity contribution in [2.75, 3.05) is 33.2 Å². The zero-order valence-electron chi connectivity index (χ0n) is 11.1. The van der Waals surface area contributed by atoms with Crippen LogP contribution in [0.25, 0.3) is 0 Å². The summed E-state index contributed by atoms with van der Waals surface area (Å²) in [5, 5.41) is 8.94. The zero-order valence-corrected chi connectivity index (χ0v) is 11.1. The Kier molecular flexibility index (Phi) is 4.50. The molecule has 1 aromatic carbocycles. The van der Waals surface area contributed by atoms with Crippen molar-refractivity contribution in [1.29, 1.82) is 0 Å². The molecule has 1 N–H and O–H groups in total. The van der Waals surface area contributed by atoms with Gasteiger partial charge in [0, 0.05) is 25.2 Å². The van der Waals surface area contributed by atoms with E-state index in [1.165, 1.54) is 18.2 Å². The number of carboxylic acids is 1. The largest absolute Gasteiger partial charge is 0.478 e. The summed E-state index contributed by atoms with van der Waals surface area (Å²) in [6.45, 7) is 4.28. The van der Waals surface area contributed by atoms with Crippen molar-refractivity contribution < 1.29 is 14.3 Å². The molecule has 1 aromatic rings. The Morgan fingerprint density at radius 2 is 2.11 bits per heavy atom. The molecule has 2 rings (SSSR count). The van der Waals surface area contributed by atoms with Crippen LogP contribution < -0.4 is 0 Å². The lowest BCUT2D eigenvalue weighted by Crippen LogP contribution is -2.28. The Morgan fingerprint density at radius 3 is 2.84 bits per heavy atom. The minimum atomic E-state index is -1.02. The molecule has 0 aromatic heterocycles. The third-order valence-electron chi connectivity index (χ3n) is 3.50. The van der Waals surface area contributed by atoms with E-state index in [1.807, 2.05) is 0 Å². The molecule has 19 heavy (non-hydrogen) atoms. The van der Waals surface area contributed by atoms with Gasteiger partial charge in [-0.1, -0.05) is 0 Å². The minimum Gasteiger partial charge on any atom is -0.478 e. The van der Waals surface area contributed by atoms with Gasteiger partial charge in [0.25, 0.3) is 0 Å². The number of rotatable bonds is 3. The summed E-state index contributed by atoms with van der Waals surface area (Å²) in [6.07, 6.45) is 1.05. The molecule has 5 heteroatoms. The Balaban J connectivity index is 2.09. The topological polar surface area (TPSA) is 43.8 Å². The van der Waals surface area contributed by atoms with E-state index in [0.29, 0.717) is 12.1 Å². The number of hydrogen-bond donors (Lipinski definition) is 1. The maximum atomic E-state index is 13.7. The van der Waals surface area contributed by atoms with E-state index in [-0.39, 0.29) is 11.4 Å². The standard InChI is InChI=1S/C14H19FN2O2/c1-16-5-2-6-17(8-7-16)10-12-9-11(14(18)19)3-4-13(12)15/h3-4,9H,2,5-8,10H2,1H3,(H,18,19). The van der Waals surface area contributed by atoms with Crippen molar-refractivity contribution in [3.05, 3.63) is 35.1 Å². The van der Waals surface area contributed by atoms with Gasteiger partial charge in [0.2, 0.25) is 0 Å². The minimum absolute atomic E-state index is 0.142. The summed E-state index contributed by atoms with van der Waals surface area (Å²) in [4.78, 5) is 15.3. The summed E-state index contributed by atoms with van der Waals surface area (Å²) in [6, 6.07) is 3.98. The molecule has 0 unspecified atom stereocenters. The number of halogens is 1. The molecule has 1 heterocycles. The molecule has 0 radical (unpaired) electrons. The third-order valence-corrected chi connectivity index (χ3v) is 3.50. The molecule has 1 aliphatic rings. The van der Waals surface area contributed by atoms with E-state index in [0.717, 1.165) is 32.6 Å². The first-order chi connectivity index (χ1) is 9.06. The van der Waals surface area contributed by atoms with Crippen molar-refractivity contribution in [3.63, 3.8) is 0 Å². The van der Waals surface area contributed by atoms with E-state index >= 15 is 0 Å². The third kappa shape index (κ3) is 3.75. The van der Waals surface area contributed by atoms with Crippen LogP contribution in [-0.2, 0) is 6.54 Å². The van der Waals surface area contributed by atoms with Gasteiger partial charge in [0.05, 0.1) is 5.56 Å². The highest BCUT2D eigenvalue weighted by atomic mass is 19.1. The Hall–Kier alpha value is -1.46. The van der Waals surface area contributed by atoms with E-state index in [4.69, 9.17) is 5.11 Å². The lowest BCUT2D eigenvalue weighted by Gasteiger charge is -2.20. The molecule has 1 fully saturated rings. The van der Waals surface area contributed by atoms with Crippen LogP contribution in [0.4, 0.5) is 4.39 Å². The van der Waals surface area contributed by atoms with Crippen LogP contribution in [0.1, 0.15) is 22.3 Å². The highest BCUT2D eigenvalue weighted by molar-refractivity contribution is 5.87. The summed E-state index contributed by atoms with van der Waals surface area (Å²) < 4.78 is 13.7. The number of carbonyl (C=O) groups is 1. The molecule has 104 valence electrons. The number of benzene rings is 1. The quantitative estimate of drug-likeness (QED) is 0.903. The van der Waals surface area contributed by atoms with Crippen LogP contribution in [0.5, 0.6) is 0 Å². The normalized spacial score (nSPS) is 18.2. The van der Waals surface area contributed by atoms with Gasteiger partial charge in [0.15, 0.2) is 0 Å². The molecule has 1 aliphatic heterocycles. The van der Waals surface area contributed by atoms with Gasteiger partial charge >= 0.3 is 5.97 Å². The van der Waals surface area contributed by atoms with Crippen LogP contribution in [0.2, 0.25) is 0 Å². The van der Waals surface area contributed by atoms with Crippen LogP contribution in [0, 0.1) is 5.82 Å². The first-order valence-corrected chi connectivity index (χ1v) is 6.49. The summed E-state index contributed by atoms with van der Waals surface area (Å²) in [5.41, 5.74) is 0.604. The SMILES string of the molecule is CN1CCCN(Cc2cc(C(=O)O)ccc2F)CC1. The Labute approximate surface area is 112 Å². The number of carboxylic acid groups (broad SMARTS) is 1. The second-order valence-electron chi connectivity index (χ2n) is 5.04. The van der Waals surface area contributed by atoms with Crippen LogP contribution in [-0.4, -0.2) is 54.1 Å². The lowest BCUT2D eigenvalue weighted by molar-refractivity contribution is 0.0696. The average Bonchev–Trinajstić information content (AvgIpc) is 2.57. The van der Waals surface area contributed by atoms with Gasteiger partial charge in [-0.05, 0) is 44.8 Å². The molecular weight excluding hydrogens is 247 g/mol. The predicted octanol–water partition coefficient (Wildman–Crippen LogP) is 1.66. The van der Waals surface area contributed by atoms with Crippen LogP contribution in [0.15, 0.2) is 18.2 Å². The Morgan fingerprint density at radius 1 is 1.32 bits per heavy atom. The highest BCUT2D eigenvalue weighted by Crippen LogP contribution is 2.14. The molecule has 0 amide bonds. The lowest BCUT2D eigenvalue weighted by atomic mass is 10.1. The maximum absolute atomic E-state index is 13.7. The molecule has 4 nitrogen and oxygen atoms in total. The summed E-state index contributed by atoms with van der Waals surface area (Å²) in [7, 11) is 2.08. The number of hydrogen-bond acceptors (Lipinski definition) is 3. The van der Waals surface area contributed by atoms with Crippen LogP contribution >= 0.6 is 0 Å². The van der Waals surface area contributed by atoms with Crippen molar-refractivity contribution in [2.45, 2.75) is 13.0 Å². The van der Waals surface area contributed by atoms with Gasteiger partial charge in [-0.25, -0.2) is 9.18 Å². The van der Waals surface area contributed by atoms with E-state index < -0.39 is 5.97 Å². The molecule has 1 saturated heterocycles. The summed E-state index contributed by atoms with van der Waals surface area (Å²) in [5.74, 6) is -1.35. The van der Waals surface area contributed by atoms with E-state index in [9.17, 15) is 9.18 Å². The molecular formula is C14H19FN2O2. The predicted molar refractivity (Wildman–Crippen MR) is 70.8 cm³/mol. The van der Waals surface area contributed by atoms with Crippen molar-refractivity contribution >= 4 is 5.97 Å². The average molecular weight is 266 g/mol. The molecule has 0 bridgehead atoms. The first kappa shape index (κ1) is 14.0. The second kappa shape index (κ2) is 6.12. The second-order valence-corrected chi connectivity index (χ2v) is 5.04. The first-order valence-electron chi connectivity index (χ1n) is 6.49. The van der Waals surface area contributed by atoms with Crippen molar-refractivity contribution in [3.8, 4) is 0 Å². The zero-order chi connectivity index (χ0) is 13.8. The van der Waals surface area contributed by atoms with Gasteiger partial charge < -0.3 is 10.0 Å². The summed E-state index contributed by atoms with van der Waals surface area (Å²) >= 11 is 0. The van der Waals surface area contributed by atoms with E-state index in [1.54, 1.807) is 0 Å². The smallest absolute Gasteiger partial charge is 0.335 e. The van der Waals surface area contributed by atoms with Crippen molar-refractivity contribution in [1.82, 2.24) is 9.80 Å². The molecule has 0 spiro atoms. The fourth-order valence-electron chi connectivity index (χ4n) is 2.33. The van der Waals surface area contributed by atoms with Gasteiger partial charge in [-0.3, -0.25) is 4.90 Å². The van der Waals surface area contributed by atoms with Crippen molar-refractivity contribution in [2.24, 2.45) is 0 Å². The fraction of sp³-hybridized carbons (Fsp3) is 0.500. The van der Waals surface area contributed by atoms with Gasteiger partial charge in [-0.15, -0.1) is 0 Å². The maximum Gasteiger partial charge on any atom is 0.335 e. The molecule has 0 atom stereocenters. The number of nitrogens with zero attached hydrogens (tertiary/aromatic N) is 2. The van der Waals surface area contributed by atoms with Crippen LogP contribution in [0.3, 0.4) is 0 Å². The van der Waals surface area contributed by atoms with Gasteiger partial charge in [0.1, 0.15) is 5.82 Å². The number of likely N-dealkylation sites (N-methyl/N-ethyl adjacent to an activating group) is 1. The molecule has 0 saturated carbocycles. The van der Waals surface area contributed by atoms with Gasteiger partial charge in [-0.2, -0.15) is 0 Å². The highest BCUT2D eigenvalue weighted by Gasteiger charge is 2.15. The Bertz CT molecular complexity index is 465. The molecule has 0 aliphatic carbocycles. The monoisotopic (exact) mass is 266 g/mol. The fourth-order valence-corrected chi connectivity index (χ4v) is 2.33. The van der Waals surface area contributed by atoms with E-state index in [2.05, 4.69) is 16.8 Å².